The minimum absolute atomic E-state index is 0.234. The van der Waals surface area contributed by atoms with Gasteiger partial charge in [0.15, 0.2) is 0 Å². The number of aliphatic carboxylic acids is 1. The number of carbonyl (C=O) groups is 1. The Morgan fingerprint density at radius 1 is 1.52 bits per heavy atom. The van der Waals surface area contributed by atoms with Gasteiger partial charge < -0.3 is 14.7 Å². The first-order valence-electron chi connectivity index (χ1n) is 7.53. The molecule has 6 nitrogen and oxygen atoms in total. The highest BCUT2D eigenvalue weighted by Gasteiger charge is 2.25. The first kappa shape index (κ1) is 15.5. The molecule has 1 aliphatic rings. The molecule has 0 aromatic carbocycles. The number of nitrogens with zero attached hydrogens (tertiary/aromatic N) is 3. The van der Waals surface area contributed by atoms with Gasteiger partial charge >= 0.3 is 5.97 Å². The molecule has 1 aliphatic heterocycles. The lowest BCUT2D eigenvalue weighted by Gasteiger charge is -2.17. The van der Waals surface area contributed by atoms with Crippen LogP contribution in [0.5, 0.6) is 5.88 Å². The van der Waals surface area contributed by atoms with E-state index in [1.165, 1.54) is 0 Å². The summed E-state index contributed by atoms with van der Waals surface area (Å²) in [4.78, 5) is 21.7. The van der Waals surface area contributed by atoms with Crippen molar-refractivity contribution in [3.8, 4) is 5.88 Å². The average Bonchev–Trinajstić information content (AvgIpc) is 2.91. The molecule has 2 heterocycles. The summed E-state index contributed by atoms with van der Waals surface area (Å²) < 4.78 is 5.59. The summed E-state index contributed by atoms with van der Waals surface area (Å²) in [5.74, 6) is 0.994. The molecular formula is C15H23N3O3. The van der Waals surface area contributed by atoms with Crippen molar-refractivity contribution in [2.75, 3.05) is 24.6 Å². The normalized spacial score (nSPS) is 18.0. The zero-order valence-electron chi connectivity index (χ0n) is 12.7. The number of aromatic nitrogens is 2. The lowest BCUT2D eigenvalue weighted by atomic mass is 10.0. The summed E-state index contributed by atoms with van der Waals surface area (Å²) in [5.41, 5.74) is 0.889. The van der Waals surface area contributed by atoms with Crippen molar-refractivity contribution >= 4 is 11.9 Å². The third kappa shape index (κ3) is 4.58. The molecule has 21 heavy (non-hydrogen) atoms. The number of hydrogen-bond acceptors (Lipinski definition) is 5. The molecule has 1 aromatic heterocycles. The lowest BCUT2D eigenvalue weighted by Crippen LogP contribution is -2.22. The van der Waals surface area contributed by atoms with E-state index in [-0.39, 0.29) is 6.42 Å². The lowest BCUT2D eigenvalue weighted by molar-refractivity contribution is -0.137. The topological polar surface area (TPSA) is 75.5 Å². The first-order chi connectivity index (χ1) is 10.1. The maximum Gasteiger partial charge on any atom is 0.303 e. The van der Waals surface area contributed by atoms with Crippen LogP contribution in [0.2, 0.25) is 0 Å². The first-order valence-corrected chi connectivity index (χ1v) is 7.53. The zero-order valence-corrected chi connectivity index (χ0v) is 12.7. The molecule has 1 unspecified atom stereocenters. The second-order valence-corrected chi connectivity index (χ2v) is 5.53. The summed E-state index contributed by atoms with van der Waals surface area (Å²) in [6, 6.07) is 1.84. The predicted octanol–water partition coefficient (Wildman–Crippen LogP) is 2.26. The highest BCUT2D eigenvalue weighted by Crippen LogP contribution is 2.25. The summed E-state index contributed by atoms with van der Waals surface area (Å²) in [5, 5.41) is 8.76. The van der Waals surface area contributed by atoms with Gasteiger partial charge in [-0.05, 0) is 32.1 Å². The summed E-state index contributed by atoms with van der Waals surface area (Å²) >= 11 is 0. The second kappa shape index (κ2) is 7.24. The Morgan fingerprint density at radius 2 is 2.33 bits per heavy atom. The third-order valence-electron chi connectivity index (χ3n) is 3.61. The van der Waals surface area contributed by atoms with Gasteiger partial charge in [-0.1, -0.05) is 6.92 Å². The van der Waals surface area contributed by atoms with Gasteiger partial charge in [-0.2, -0.15) is 4.98 Å². The van der Waals surface area contributed by atoms with Crippen LogP contribution in [0, 0.1) is 12.8 Å². The number of aryl methyl sites for hydroxylation is 1. The maximum absolute atomic E-state index is 10.6. The smallest absolute Gasteiger partial charge is 0.303 e. The monoisotopic (exact) mass is 293 g/mol. The molecule has 0 spiro atoms. The van der Waals surface area contributed by atoms with E-state index in [0.29, 0.717) is 24.4 Å². The third-order valence-corrected chi connectivity index (χ3v) is 3.61. The molecule has 116 valence electrons. The van der Waals surface area contributed by atoms with Crippen LogP contribution in [-0.4, -0.2) is 40.7 Å². The van der Waals surface area contributed by atoms with Gasteiger partial charge in [0.1, 0.15) is 0 Å². The van der Waals surface area contributed by atoms with Crippen LogP contribution in [0.25, 0.3) is 0 Å². The number of carboxylic acids is 1. The summed E-state index contributed by atoms with van der Waals surface area (Å²) in [6.45, 7) is 6.34. The van der Waals surface area contributed by atoms with E-state index in [4.69, 9.17) is 9.84 Å². The number of anilines is 1. The van der Waals surface area contributed by atoms with E-state index in [9.17, 15) is 4.79 Å². The zero-order chi connectivity index (χ0) is 15.2. The Balaban J connectivity index is 1.98. The van der Waals surface area contributed by atoms with Crippen molar-refractivity contribution in [2.45, 2.75) is 39.5 Å². The predicted molar refractivity (Wildman–Crippen MR) is 79.7 cm³/mol. The molecule has 1 saturated heterocycles. The Kier molecular flexibility index (Phi) is 5.36. The molecule has 6 heteroatoms. The number of carboxylic acid groups (broad SMARTS) is 1. The van der Waals surface area contributed by atoms with Crippen LogP contribution in [-0.2, 0) is 4.79 Å². The quantitative estimate of drug-likeness (QED) is 0.831. The molecule has 0 radical (unpaired) electrons. The molecule has 1 atom stereocenters. The van der Waals surface area contributed by atoms with Gasteiger partial charge in [0.25, 0.3) is 0 Å². The SMILES string of the molecule is CCCOc1cc(C)nc(N2CCC(CCC(=O)O)C2)n1. The van der Waals surface area contributed by atoms with Gasteiger partial charge in [-0.15, -0.1) is 0 Å². The molecule has 0 bridgehead atoms. The van der Waals surface area contributed by atoms with Crippen molar-refractivity contribution < 1.29 is 14.6 Å². The molecule has 0 amide bonds. The van der Waals surface area contributed by atoms with Crippen LogP contribution in [0.15, 0.2) is 6.07 Å². The second-order valence-electron chi connectivity index (χ2n) is 5.53. The minimum atomic E-state index is -0.726. The van der Waals surface area contributed by atoms with Crippen molar-refractivity contribution in [3.63, 3.8) is 0 Å². The van der Waals surface area contributed by atoms with Crippen LogP contribution in [0.1, 0.15) is 38.3 Å². The van der Waals surface area contributed by atoms with E-state index in [0.717, 1.165) is 38.0 Å². The van der Waals surface area contributed by atoms with Crippen molar-refractivity contribution in [2.24, 2.45) is 5.92 Å². The van der Waals surface area contributed by atoms with E-state index in [1.807, 2.05) is 13.0 Å². The van der Waals surface area contributed by atoms with Gasteiger partial charge in [-0.25, -0.2) is 4.98 Å². The Morgan fingerprint density at radius 3 is 3.05 bits per heavy atom. The van der Waals surface area contributed by atoms with E-state index < -0.39 is 5.97 Å². The molecular weight excluding hydrogens is 270 g/mol. The largest absolute Gasteiger partial charge is 0.481 e. The standard InChI is InChI=1S/C15H23N3O3/c1-3-8-21-13-9-11(2)16-15(17-13)18-7-6-12(10-18)4-5-14(19)20/h9,12H,3-8,10H2,1-2H3,(H,19,20). The van der Waals surface area contributed by atoms with Gasteiger partial charge in [0, 0.05) is 31.3 Å². The Hall–Kier alpha value is -1.85. The highest BCUT2D eigenvalue weighted by molar-refractivity contribution is 5.66. The highest BCUT2D eigenvalue weighted by atomic mass is 16.5. The summed E-state index contributed by atoms with van der Waals surface area (Å²) in [6.07, 6.45) is 2.89. The van der Waals surface area contributed by atoms with Crippen molar-refractivity contribution in [3.05, 3.63) is 11.8 Å². The molecule has 1 aromatic rings. The number of ether oxygens (including phenoxy) is 1. The van der Waals surface area contributed by atoms with Crippen LogP contribution in [0.4, 0.5) is 5.95 Å². The fourth-order valence-corrected chi connectivity index (χ4v) is 2.52. The van der Waals surface area contributed by atoms with Crippen LogP contribution in [0.3, 0.4) is 0 Å². The molecule has 1 N–H and O–H groups in total. The van der Waals surface area contributed by atoms with Gasteiger partial charge in [0.2, 0.25) is 11.8 Å². The van der Waals surface area contributed by atoms with Crippen molar-refractivity contribution in [1.82, 2.24) is 9.97 Å². The van der Waals surface area contributed by atoms with Crippen LogP contribution >= 0.6 is 0 Å². The van der Waals surface area contributed by atoms with E-state index in [1.54, 1.807) is 0 Å². The fraction of sp³-hybridized carbons (Fsp3) is 0.667. The van der Waals surface area contributed by atoms with E-state index >= 15 is 0 Å². The van der Waals surface area contributed by atoms with E-state index in [2.05, 4.69) is 21.8 Å². The van der Waals surface area contributed by atoms with Crippen molar-refractivity contribution in [1.29, 1.82) is 0 Å². The molecule has 2 rings (SSSR count). The summed E-state index contributed by atoms with van der Waals surface area (Å²) in [7, 11) is 0. The fourth-order valence-electron chi connectivity index (χ4n) is 2.52. The number of hydrogen-bond donors (Lipinski definition) is 1. The number of rotatable bonds is 7. The minimum Gasteiger partial charge on any atom is -0.481 e. The molecule has 0 saturated carbocycles. The molecule has 1 fully saturated rings. The van der Waals surface area contributed by atoms with Gasteiger partial charge in [0.05, 0.1) is 6.61 Å². The van der Waals surface area contributed by atoms with Gasteiger partial charge in [-0.3, -0.25) is 4.79 Å². The Bertz CT molecular complexity index is 493. The Labute approximate surface area is 125 Å². The molecule has 0 aliphatic carbocycles. The average molecular weight is 293 g/mol. The maximum atomic E-state index is 10.6. The van der Waals surface area contributed by atoms with Crippen LogP contribution < -0.4 is 9.64 Å².